The van der Waals surface area contributed by atoms with E-state index in [1.165, 1.54) is 0 Å². The number of carbonyl (C=O) groups is 5. The maximum Gasteiger partial charge on any atom is 0.417 e. The van der Waals surface area contributed by atoms with Gasteiger partial charge in [-0.15, -0.1) is 0 Å². The number of ether oxygens (including phenoxy) is 1. The van der Waals surface area contributed by atoms with Crippen LogP contribution in [0.3, 0.4) is 0 Å². The highest BCUT2D eigenvalue weighted by atomic mass is 19.4. The monoisotopic (exact) mass is 1480 g/mol. The van der Waals surface area contributed by atoms with E-state index in [9.17, 15) is 59.9 Å². The number of hydrogen-bond donors (Lipinski definition) is 8. The molecule has 29 heteroatoms. The number of nitrogens with two attached hydrogens (primary N) is 1. The smallest absolute Gasteiger partial charge is 0.417 e. The van der Waals surface area contributed by atoms with Crippen LogP contribution in [0.1, 0.15) is 128 Å². The molecule has 0 unspecified atom stereocenters. The topological polar surface area (TPSA) is 277 Å². The summed E-state index contributed by atoms with van der Waals surface area (Å²) in [5.74, 6) is -2.44. The first-order valence-corrected chi connectivity index (χ1v) is 36.4. The third kappa shape index (κ3) is 26.1. The van der Waals surface area contributed by atoms with Gasteiger partial charge in [0, 0.05) is 162 Å². The molecule has 4 fully saturated rings. The fraction of sp³-hybridized carbons (Fsp3) is 0.494. The molecule has 0 radical (unpaired) electrons. The predicted molar refractivity (Wildman–Crippen MR) is 400 cm³/mol. The van der Waals surface area contributed by atoms with Gasteiger partial charge in [0.15, 0.2) is 0 Å². The molecule has 6 aromatic rings. The van der Waals surface area contributed by atoms with Crippen molar-refractivity contribution in [1.82, 2.24) is 45.1 Å². The number of piperazine rings is 4. The van der Waals surface area contributed by atoms with Crippen molar-refractivity contribution in [3.63, 3.8) is 0 Å². The first-order chi connectivity index (χ1) is 50.5. The SMILES string of the molecule is CC(C)(C)OC(=O)NCCCCCCC(=O)O.CN1CCN(c2ccc(-c3cccc(CN4CCN(C(=O)CCCCCCN)CC4)c3)cc2NC(=O)c2c[nH]c(=O)cc2C(F)(F)F)CC1.CN1CCN(c2ccc(-c3cccc(CN4CCNCC4)c3)cc2NC(=O)c2c[nH]c(=O)cc2C(F)(F)F)CC1. The van der Waals surface area contributed by atoms with Crippen molar-refractivity contribution in [2.45, 2.75) is 116 Å². The quantitative estimate of drug-likeness (QED) is 0.0195. The molecular weight excluding hydrogens is 1380 g/mol. The molecule has 4 amide bonds. The van der Waals surface area contributed by atoms with Crippen LogP contribution in [-0.2, 0) is 39.8 Å². The molecule has 4 aromatic carbocycles. The number of nitrogens with one attached hydrogen (secondary N) is 6. The second-order valence-corrected chi connectivity index (χ2v) is 28.2. The number of carboxylic acid groups (broad SMARTS) is 1. The second kappa shape index (κ2) is 39.5. The lowest BCUT2D eigenvalue weighted by Crippen LogP contribution is -2.48. The van der Waals surface area contributed by atoms with Crippen LogP contribution in [0.4, 0.5) is 53.9 Å². The molecule has 4 aliphatic rings. The number of anilines is 4. The average molecular weight is 1480 g/mol. The van der Waals surface area contributed by atoms with E-state index in [2.05, 4.69) is 84.9 Å². The lowest BCUT2D eigenvalue weighted by molar-refractivity contribution is -0.138. The van der Waals surface area contributed by atoms with Crippen molar-refractivity contribution in [1.29, 1.82) is 0 Å². The summed E-state index contributed by atoms with van der Waals surface area (Å²) in [6.45, 7) is 21.1. The number of aliphatic carboxylic acids is 1. The van der Waals surface area contributed by atoms with E-state index in [4.69, 9.17) is 15.6 Å². The lowest BCUT2D eigenvalue weighted by atomic mass is 10.0. The molecule has 9 N–H and O–H groups in total. The largest absolute Gasteiger partial charge is 0.481 e. The van der Waals surface area contributed by atoms with Crippen molar-refractivity contribution in [2.75, 3.05) is 152 Å². The Kier molecular flexibility index (Phi) is 30.7. The fourth-order valence-electron chi connectivity index (χ4n) is 12.9. The van der Waals surface area contributed by atoms with Gasteiger partial charge in [-0.2, -0.15) is 26.3 Å². The number of alkyl halides is 6. The molecule has 4 saturated heterocycles. The molecule has 4 aliphatic heterocycles. The van der Waals surface area contributed by atoms with E-state index >= 15 is 0 Å². The summed E-state index contributed by atoms with van der Waals surface area (Å²) < 4.78 is 87.5. The third-order valence-corrected chi connectivity index (χ3v) is 18.7. The molecule has 23 nitrogen and oxygen atoms in total. The van der Waals surface area contributed by atoms with Gasteiger partial charge >= 0.3 is 24.4 Å². The van der Waals surface area contributed by atoms with Crippen LogP contribution in [0.5, 0.6) is 0 Å². The number of carbonyl (C=O) groups excluding carboxylic acids is 4. The number of carboxylic acids is 1. The second-order valence-electron chi connectivity index (χ2n) is 28.2. The van der Waals surface area contributed by atoms with E-state index in [1.807, 2.05) is 94.4 Å². The Bertz CT molecular complexity index is 4000. The minimum absolute atomic E-state index is 0.215. The zero-order chi connectivity index (χ0) is 76.6. The molecule has 0 bridgehead atoms. The molecule has 6 heterocycles. The molecule has 2 aromatic heterocycles. The maximum absolute atomic E-state index is 13.8. The molecule has 576 valence electrons. The van der Waals surface area contributed by atoms with Crippen molar-refractivity contribution < 1.29 is 60.2 Å². The lowest BCUT2D eigenvalue weighted by Gasteiger charge is -2.35. The number of nitrogens with zero attached hydrogens (tertiary/aromatic N) is 7. The van der Waals surface area contributed by atoms with Gasteiger partial charge in [-0.3, -0.25) is 38.6 Å². The highest BCUT2D eigenvalue weighted by molar-refractivity contribution is 6.08. The number of unbranched alkanes of at least 4 members (excludes halogenated alkanes) is 6. The number of benzene rings is 4. The summed E-state index contributed by atoms with van der Waals surface area (Å²) in [6.07, 6.45) is -0.377. The number of alkyl carbamates (subject to hydrolysis) is 1. The number of likely N-dealkylation sites (N-methyl/N-ethyl adjacent to an activating group) is 2. The molecule has 0 saturated carbocycles. The molecule has 0 atom stereocenters. The van der Waals surface area contributed by atoms with Crippen LogP contribution < -0.4 is 47.9 Å². The first-order valence-electron chi connectivity index (χ1n) is 36.4. The summed E-state index contributed by atoms with van der Waals surface area (Å²) in [5.41, 5.74) is 7.36. The molecular formula is C77H102F6N14O9. The highest BCUT2D eigenvalue weighted by Gasteiger charge is 2.38. The number of amides is 4. The summed E-state index contributed by atoms with van der Waals surface area (Å²) in [5, 5.41) is 19.9. The standard InChI is InChI=1S/C36H46F3N7O3.C29H33F3N6O2.C12H23NO4/c1-43-13-17-45(18-14-43)32-11-10-28(22-31(32)42-35(49)29-24-41-33(47)23-30(29)36(37,38)39)27-8-6-7-26(21-27)25-44-15-19-46(20-16-44)34(48)9-4-2-3-5-12-40;1-36-11-13-38(14-12-36)26-6-5-22(21-4-2-3-20(15-21)19-37-9-7-33-8-10-37)16-25(26)35-28(40)23-18-34-27(39)17-24(23)29(30,31)32;1-12(2,3)17-11(16)13-9-7-5-4-6-8-10(14)15/h6-8,10-11,21-24H,2-5,9,12-20,25,40H2,1H3,(H,41,47)(H,42,49);2-6,15-18,33H,7-14,19H2,1H3,(H,34,39)(H,35,40);4-9H2,1-3H3,(H,13,16)(H,14,15). The van der Waals surface area contributed by atoms with Gasteiger partial charge in [0.25, 0.3) is 11.8 Å². The van der Waals surface area contributed by atoms with Crippen molar-refractivity contribution in [3.8, 4) is 22.3 Å². The van der Waals surface area contributed by atoms with Gasteiger partial charge in [-0.25, -0.2) is 4.79 Å². The number of halogens is 6. The Morgan fingerprint density at radius 3 is 1.40 bits per heavy atom. The van der Waals surface area contributed by atoms with Crippen LogP contribution >= 0.6 is 0 Å². The number of hydrogen-bond acceptors (Lipinski definition) is 16. The van der Waals surface area contributed by atoms with Crippen LogP contribution in [0.25, 0.3) is 22.3 Å². The minimum Gasteiger partial charge on any atom is -0.481 e. The zero-order valence-corrected chi connectivity index (χ0v) is 61.3. The zero-order valence-electron chi connectivity index (χ0n) is 61.3. The van der Waals surface area contributed by atoms with Gasteiger partial charge in [0.2, 0.25) is 17.0 Å². The van der Waals surface area contributed by atoms with Crippen molar-refractivity contribution in [2.24, 2.45) is 5.73 Å². The Morgan fingerprint density at radius 1 is 0.519 bits per heavy atom. The fourth-order valence-corrected chi connectivity index (χ4v) is 12.9. The van der Waals surface area contributed by atoms with Gasteiger partial charge in [-0.1, -0.05) is 74.2 Å². The van der Waals surface area contributed by atoms with E-state index in [-0.39, 0.29) is 12.3 Å². The summed E-state index contributed by atoms with van der Waals surface area (Å²) >= 11 is 0. The highest BCUT2D eigenvalue weighted by Crippen LogP contribution is 2.38. The molecule has 106 heavy (non-hydrogen) atoms. The van der Waals surface area contributed by atoms with Crippen LogP contribution in [0, 0.1) is 0 Å². The number of aromatic amines is 2. The summed E-state index contributed by atoms with van der Waals surface area (Å²) in [7, 11) is 4.06. The summed E-state index contributed by atoms with van der Waals surface area (Å²) in [6, 6.07) is 28.4. The van der Waals surface area contributed by atoms with Crippen LogP contribution in [0.15, 0.2) is 119 Å². The van der Waals surface area contributed by atoms with Crippen LogP contribution in [0.2, 0.25) is 0 Å². The molecule has 0 aliphatic carbocycles. The maximum atomic E-state index is 13.8. The number of H-pyrrole nitrogens is 2. The Labute approximate surface area is 615 Å². The van der Waals surface area contributed by atoms with Crippen molar-refractivity contribution in [3.05, 3.63) is 164 Å². The number of pyridine rings is 2. The van der Waals surface area contributed by atoms with Gasteiger partial charge in [0.1, 0.15) is 5.60 Å². The van der Waals surface area contributed by atoms with E-state index in [0.717, 1.165) is 168 Å². The van der Waals surface area contributed by atoms with E-state index in [1.54, 1.807) is 6.07 Å². The normalized spacial score (nSPS) is 15.7. The number of aromatic nitrogens is 2. The number of rotatable bonds is 25. The first kappa shape index (κ1) is 82.5. The Morgan fingerprint density at radius 2 is 0.953 bits per heavy atom. The van der Waals surface area contributed by atoms with Gasteiger partial charge in [-0.05, 0) is 137 Å². The third-order valence-electron chi connectivity index (χ3n) is 18.7. The van der Waals surface area contributed by atoms with Crippen LogP contribution in [-0.4, -0.2) is 207 Å². The van der Waals surface area contributed by atoms with Crippen molar-refractivity contribution >= 4 is 52.5 Å². The Balaban J connectivity index is 0.000000223. The van der Waals surface area contributed by atoms with E-state index in [0.29, 0.717) is 101 Å². The minimum atomic E-state index is -4.88. The average Bonchev–Trinajstić information content (AvgIpc) is 0.798. The molecule has 10 rings (SSSR count). The predicted octanol–water partition coefficient (Wildman–Crippen LogP) is 10.6. The van der Waals surface area contributed by atoms with Gasteiger partial charge in [0.05, 0.1) is 45.0 Å². The Hall–Kier alpha value is -9.13. The van der Waals surface area contributed by atoms with E-state index < -0.39 is 75.2 Å². The summed E-state index contributed by atoms with van der Waals surface area (Å²) in [4.78, 5) is 104. The van der Waals surface area contributed by atoms with Gasteiger partial charge < -0.3 is 71.3 Å². The molecule has 0 spiro atoms.